The minimum Gasteiger partial charge on any atom is -0.256 e. The van der Waals surface area contributed by atoms with Crippen LogP contribution >= 0.6 is 0 Å². The molecule has 2 aromatic rings. The van der Waals surface area contributed by atoms with Gasteiger partial charge in [-0.05, 0) is 37.5 Å². The highest BCUT2D eigenvalue weighted by atomic mass is 14.7. The number of benzene rings is 2. The number of rotatable bonds is 2. The Labute approximate surface area is 103 Å². The Hall–Kier alpha value is -1.89. The minimum absolute atomic E-state index is 1.08. The zero-order chi connectivity index (χ0) is 12.3. The van der Waals surface area contributed by atoms with Crippen molar-refractivity contribution in [2.24, 2.45) is 4.99 Å². The molecule has 1 heteroatoms. The normalized spacial score (nSPS) is 11.0. The van der Waals surface area contributed by atoms with Gasteiger partial charge in [-0.3, -0.25) is 4.99 Å². The van der Waals surface area contributed by atoms with Gasteiger partial charge in [0.05, 0.1) is 5.69 Å². The van der Waals surface area contributed by atoms with E-state index in [1.54, 1.807) is 0 Å². The quantitative estimate of drug-likeness (QED) is 0.671. The molecule has 0 fully saturated rings. The number of aliphatic imine (C=N–C) groups is 1. The van der Waals surface area contributed by atoms with Crippen molar-refractivity contribution in [2.45, 2.75) is 20.8 Å². The van der Waals surface area contributed by atoms with Crippen molar-refractivity contribution in [3.05, 3.63) is 64.7 Å². The second-order valence-electron chi connectivity index (χ2n) is 4.42. The van der Waals surface area contributed by atoms with Crippen molar-refractivity contribution < 1.29 is 0 Å². The van der Waals surface area contributed by atoms with Crippen molar-refractivity contribution in [1.29, 1.82) is 0 Å². The summed E-state index contributed by atoms with van der Waals surface area (Å²) < 4.78 is 0. The molecule has 0 atom stereocenters. The summed E-state index contributed by atoms with van der Waals surface area (Å²) in [5.74, 6) is 0. The van der Waals surface area contributed by atoms with E-state index in [1.807, 2.05) is 24.4 Å². The lowest BCUT2D eigenvalue weighted by Gasteiger charge is -2.06. The molecule has 0 aliphatic rings. The van der Waals surface area contributed by atoms with Gasteiger partial charge in [-0.2, -0.15) is 0 Å². The fraction of sp³-hybridized carbons (Fsp3) is 0.188. The fourth-order valence-electron chi connectivity index (χ4n) is 2.05. The summed E-state index contributed by atoms with van der Waals surface area (Å²) >= 11 is 0. The average molecular weight is 223 g/mol. The highest BCUT2D eigenvalue weighted by molar-refractivity contribution is 5.82. The van der Waals surface area contributed by atoms with Crippen molar-refractivity contribution in [1.82, 2.24) is 0 Å². The fourth-order valence-corrected chi connectivity index (χ4v) is 2.05. The standard InChI is InChI=1S/C16H17N/c1-12-9-13(2)16(14(3)10-12)17-11-15-7-5-4-6-8-15/h4-11H,1-3H3/b17-11+. The largest absolute Gasteiger partial charge is 0.256 e. The maximum Gasteiger partial charge on any atom is 0.0688 e. The topological polar surface area (TPSA) is 12.4 Å². The predicted octanol–water partition coefficient (Wildman–Crippen LogP) is 4.36. The Balaban J connectivity index is 2.34. The van der Waals surface area contributed by atoms with E-state index in [2.05, 4.69) is 50.0 Å². The van der Waals surface area contributed by atoms with Gasteiger partial charge >= 0.3 is 0 Å². The molecule has 86 valence electrons. The molecule has 0 aromatic heterocycles. The summed E-state index contributed by atoms with van der Waals surface area (Å²) in [6, 6.07) is 14.5. The number of hydrogen-bond donors (Lipinski definition) is 0. The molecule has 0 radical (unpaired) electrons. The summed E-state index contributed by atoms with van der Waals surface area (Å²) in [5, 5.41) is 0. The third-order valence-corrected chi connectivity index (χ3v) is 2.78. The van der Waals surface area contributed by atoms with Gasteiger partial charge in [-0.15, -0.1) is 0 Å². The summed E-state index contributed by atoms with van der Waals surface area (Å²) in [5.41, 5.74) is 5.97. The second-order valence-corrected chi connectivity index (χ2v) is 4.42. The Morgan fingerprint density at radius 3 is 2.06 bits per heavy atom. The minimum atomic E-state index is 1.08. The van der Waals surface area contributed by atoms with Crippen LogP contribution in [-0.2, 0) is 0 Å². The molecular formula is C16H17N. The lowest BCUT2D eigenvalue weighted by Crippen LogP contribution is -1.85. The van der Waals surface area contributed by atoms with Gasteiger partial charge in [0.2, 0.25) is 0 Å². The summed E-state index contributed by atoms with van der Waals surface area (Å²) in [6.07, 6.45) is 1.92. The van der Waals surface area contributed by atoms with E-state index in [-0.39, 0.29) is 0 Å². The predicted molar refractivity (Wildman–Crippen MR) is 74.3 cm³/mol. The SMILES string of the molecule is Cc1cc(C)c(/N=C/c2ccccc2)c(C)c1. The van der Waals surface area contributed by atoms with Crippen molar-refractivity contribution in [3.63, 3.8) is 0 Å². The van der Waals surface area contributed by atoms with Gasteiger partial charge in [-0.25, -0.2) is 0 Å². The molecule has 0 spiro atoms. The highest BCUT2D eigenvalue weighted by Gasteiger charge is 2.01. The van der Waals surface area contributed by atoms with E-state index in [9.17, 15) is 0 Å². The van der Waals surface area contributed by atoms with E-state index < -0.39 is 0 Å². The van der Waals surface area contributed by atoms with Crippen LogP contribution in [0.15, 0.2) is 47.5 Å². The summed E-state index contributed by atoms with van der Waals surface area (Å²) in [4.78, 5) is 4.59. The smallest absolute Gasteiger partial charge is 0.0688 e. The van der Waals surface area contributed by atoms with Crippen molar-refractivity contribution in [3.8, 4) is 0 Å². The number of nitrogens with zero attached hydrogens (tertiary/aromatic N) is 1. The Morgan fingerprint density at radius 1 is 0.882 bits per heavy atom. The summed E-state index contributed by atoms with van der Waals surface area (Å²) in [6.45, 7) is 6.33. The van der Waals surface area contributed by atoms with Crippen molar-refractivity contribution >= 4 is 11.9 Å². The zero-order valence-electron chi connectivity index (χ0n) is 10.6. The molecule has 0 heterocycles. The van der Waals surface area contributed by atoms with E-state index in [1.165, 1.54) is 16.7 Å². The molecule has 0 aliphatic carbocycles. The first-order chi connectivity index (χ1) is 8.16. The molecule has 17 heavy (non-hydrogen) atoms. The summed E-state index contributed by atoms with van der Waals surface area (Å²) in [7, 11) is 0. The Bertz CT molecular complexity index is 516. The molecule has 2 rings (SSSR count). The van der Waals surface area contributed by atoms with E-state index in [4.69, 9.17) is 0 Å². The average Bonchev–Trinajstić information content (AvgIpc) is 2.29. The van der Waals surface area contributed by atoms with Crippen LogP contribution < -0.4 is 0 Å². The van der Waals surface area contributed by atoms with Gasteiger partial charge in [0.25, 0.3) is 0 Å². The van der Waals surface area contributed by atoms with Crippen molar-refractivity contribution in [2.75, 3.05) is 0 Å². The first-order valence-electron chi connectivity index (χ1n) is 5.84. The van der Waals surface area contributed by atoms with Crippen LogP contribution in [0.25, 0.3) is 0 Å². The van der Waals surface area contributed by atoms with Gasteiger partial charge in [0.15, 0.2) is 0 Å². The van der Waals surface area contributed by atoms with Crippen LogP contribution in [0.3, 0.4) is 0 Å². The maximum atomic E-state index is 4.59. The van der Waals surface area contributed by atoms with Crippen LogP contribution in [0, 0.1) is 20.8 Å². The Kier molecular flexibility index (Phi) is 3.38. The van der Waals surface area contributed by atoms with Gasteiger partial charge in [0.1, 0.15) is 0 Å². The second kappa shape index (κ2) is 4.96. The van der Waals surface area contributed by atoms with Gasteiger partial charge in [0, 0.05) is 6.21 Å². The van der Waals surface area contributed by atoms with Gasteiger partial charge in [-0.1, -0.05) is 48.0 Å². The maximum absolute atomic E-state index is 4.59. The number of aryl methyl sites for hydroxylation is 3. The van der Waals surface area contributed by atoms with Crippen LogP contribution in [0.2, 0.25) is 0 Å². The molecule has 0 saturated heterocycles. The lowest BCUT2D eigenvalue weighted by atomic mass is 10.1. The Morgan fingerprint density at radius 2 is 1.47 bits per heavy atom. The third-order valence-electron chi connectivity index (χ3n) is 2.78. The first-order valence-corrected chi connectivity index (χ1v) is 5.84. The molecule has 0 saturated carbocycles. The van der Waals surface area contributed by atoms with Crippen LogP contribution in [0.4, 0.5) is 5.69 Å². The lowest BCUT2D eigenvalue weighted by molar-refractivity contribution is 1.29. The van der Waals surface area contributed by atoms with Crippen LogP contribution in [0.1, 0.15) is 22.3 Å². The molecule has 0 N–H and O–H groups in total. The number of hydrogen-bond acceptors (Lipinski definition) is 1. The first kappa shape index (κ1) is 11.6. The molecule has 0 amide bonds. The van der Waals surface area contributed by atoms with E-state index in [0.717, 1.165) is 11.3 Å². The molecule has 0 unspecified atom stereocenters. The monoisotopic (exact) mass is 223 g/mol. The van der Waals surface area contributed by atoms with Crippen LogP contribution in [-0.4, -0.2) is 6.21 Å². The van der Waals surface area contributed by atoms with E-state index >= 15 is 0 Å². The molecule has 2 aromatic carbocycles. The highest BCUT2D eigenvalue weighted by Crippen LogP contribution is 2.24. The van der Waals surface area contributed by atoms with Gasteiger partial charge < -0.3 is 0 Å². The molecule has 0 bridgehead atoms. The molecule has 0 aliphatic heterocycles. The molecule has 1 nitrogen and oxygen atoms in total. The zero-order valence-corrected chi connectivity index (χ0v) is 10.6. The van der Waals surface area contributed by atoms with Crippen LogP contribution in [0.5, 0.6) is 0 Å². The van der Waals surface area contributed by atoms with E-state index in [0.29, 0.717) is 0 Å². The third kappa shape index (κ3) is 2.82. The molecular weight excluding hydrogens is 206 g/mol.